The van der Waals surface area contributed by atoms with Crippen molar-refractivity contribution >= 4 is 9.84 Å². The van der Waals surface area contributed by atoms with Gasteiger partial charge in [-0.15, -0.1) is 6.58 Å². The van der Waals surface area contributed by atoms with Gasteiger partial charge in [0, 0.05) is 18.6 Å². The topological polar surface area (TPSA) is 57.6 Å². The maximum absolute atomic E-state index is 11.5. The van der Waals surface area contributed by atoms with Gasteiger partial charge in [0.25, 0.3) is 0 Å². The van der Waals surface area contributed by atoms with E-state index in [4.69, 9.17) is 0 Å². The second-order valence-corrected chi connectivity index (χ2v) is 7.73. The van der Waals surface area contributed by atoms with Gasteiger partial charge >= 0.3 is 0 Å². The molecule has 1 N–H and O–H groups in total. The summed E-state index contributed by atoms with van der Waals surface area (Å²) in [6.45, 7) is 4.26. The molecule has 5 heteroatoms. The molecule has 2 fully saturated rings. The van der Waals surface area contributed by atoms with E-state index in [0.717, 1.165) is 25.7 Å². The first-order valence-corrected chi connectivity index (χ1v) is 8.59. The molecule has 4 nitrogen and oxygen atoms in total. The van der Waals surface area contributed by atoms with Crippen molar-refractivity contribution in [3.05, 3.63) is 12.7 Å². The number of hydrogen-bond acceptors (Lipinski definition) is 4. The van der Waals surface area contributed by atoms with Crippen LogP contribution in [-0.2, 0) is 9.84 Å². The van der Waals surface area contributed by atoms with Gasteiger partial charge in [-0.2, -0.15) is 0 Å². The molecule has 0 bridgehead atoms. The van der Waals surface area contributed by atoms with E-state index in [-0.39, 0.29) is 17.9 Å². The summed E-state index contributed by atoms with van der Waals surface area (Å²) in [4.78, 5) is 2.23. The lowest BCUT2D eigenvalue weighted by Crippen LogP contribution is -2.42. The molecular weight excluding hydrogens is 250 g/mol. The van der Waals surface area contributed by atoms with Gasteiger partial charge in [-0.25, -0.2) is 8.42 Å². The smallest absolute Gasteiger partial charge is 0.151 e. The highest BCUT2D eigenvalue weighted by Gasteiger charge is 2.39. The van der Waals surface area contributed by atoms with Crippen molar-refractivity contribution in [3.8, 4) is 0 Å². The van der Waals surface area contributed by atoms with Crippen LogP contribution in [0.4, 0.5) is 0 Å². The van der Waals surface area contributed by atoms with Gasteiger partial charge in [-0.05, 0) is 32.1 Å². The van der Waals surface area contributed by atoms with E-state index in [1.54, 1.807) is 0 Å². The lowest BCUT2D eigenvalue weighted by atomic mass is 10.1. The molecule has 1 heterocycles. The first-order chi connectivity index (χ1) is 8.52. The minimum atomic E-state index is -2.84. The van der Waals surface area contributed by atoms with Crippen LogP contribution in [0, 0.1) is 0 Å². The van der Waals surface area contributed by atoms with E-state index < -0.39 is 9.84 Å². The Bertz CT molecular complexity index is 389. The van der Waals surface area contributed by atoms with Crippen LogP contribution < -0.4 is 0 Å². The number of rotatable bonds is 7. The minimum Gasteiger partial charge on any atom is -0.392 e. The Balaban J connectivity index is 1.90. The van der Waals surface area contributed by atoms with Gasteiger partial charge in [-0.3, -0.25) is 4.90 Å². The molecular formula is C13H23NO3S. The fourth-order valence-electron chi connectivity index (χ4n) is 2.68. The van der Waals surface area contributed by atoms with Crippen LogP contribution >= 0.6 is 0 Å². The van der Waals surface area contributed by atoms with Crippen molar-refractivity contribution in [2.24, 2.45) is 0 Å². The number of aliphatic hydroxyl groups is 1. The van der Waals surface area contributed by atoms with E-state index >= 15 is 0 Å². The summed E-state index contributed by atoms with van der Waals surface area (Å²) in [7, 11) is -2.84. The zero-order valence-corrected chi connectivity index (χ0v) is 11.6. The van der Waals surface area contributed by atoms with Gasteiger partial charge in [0.15, 0.2) is 9.84 Å². The van der Waals surface area contributed by atoms with E-state index in [0.29, 0.717) is 24.8 Å². The van der Waals surface area contributed by atoms with Crippen molar-refractivity contribution in [2.75, 3.05) is 18.1 Å². The number of hydrogen-bond donors (Lipinski definition) is 1. The van der Waals surface area contributed by atoms with Gasteiger partial charge in [-0.1, -0.05) is 6.08 Å². The average Bonchev–Trinajstić information content (AvgIpc) is 3.08. The third-order valence-electron chi connectivity index (χ3n) is 3.82. The molecule has 0 spiro atoms. The number of allylic oxidation sites excluding steroid dienone is 1. The number of nitrogens with zero attached hydrogens (tertiary/aromatic N) is 1. The zero-order chi connectivity index (χ0) is 13.2. The molecule has 1 aliphatic heterocycles. The molecule has 0 radical (unpaired) electrons. The van der Waals surface area contributed by atoms with Crippen molar-refractivity contribution in [1.29, 1.82) is 0 Å². The monoisotopic (exact) mass is 273 g/mol. The fourth-order valence-corrected chi connectivity index (χ4v) is 4.43. The summed E-state index contributed by atoms with van der Waals surface area (Å²) >= 11 is 0. The molecule has 2 atom stereocenters. The van der Waals surface area contributed by atoms with Crippen molar-refractivity contribution in [2.45, 2.75) is 50.3 Å². The predicted molar refractivity (Wildman–Crippen MR) is 72.2 cm³/mol. The van der Waals surface area contributed by atoms with Crippen LogP contribution in [-0.4, -0.2) is 54.7 Å². The maximum Gasteiger partial charge on any atom is 0.151 e. The van der Waals surface area contributed by atoms with E-state index in [2.05, 4.69) is 11.5 Å². The quantitative estimate of drug-likeness (QED) is 0.702. The maximum atomic E-state index is 11.5. The normalized spacial score (nSPS) is 28.4. The van der Waals surface area contributed by atoms with Crippen LogP contribution in [0.15, 0.2) is 12.7 Å². The highest BCUT2D eigenvalue weighted by Crippen LogP contribution is 2.32. The van der Waals surface area contributed by atoms with Crippen molar-refractivity contribution < 1.29 is 13.5 Å². The summed E-state index contributed by atoms with van der Waals surface area (Å²) in [6.07, 6.45) is 5.98. The number of aliphatic hydroxyl groups excluding tert-OH is 1. The Kier molecular flexibility index (Phi) is 4.45. The summed E-state index contributed by atoms with van der Waals surface area (Å²) in [5, 5.41) is 9.98. The molecule has 2 rings (SSSR count). The van der Waals surface area contributed by atoms with Gasteiger partial charge in [0.05, 0.1) is 17.6 Å². The minimum absolute atomic E-state index is 0.126. The second kappa shape index (κ2) is 5.72. The van der Waals surface area contributed by atoms with Crippen LogP contribution in [0.2, 0.25) is 0 Å². The summed E-state index contributed by atoms with van der Waals surface area (Å²) < 4.78 is 23.1. The standard InChI is InChI=1S/C13H23NO3S/c1-2-3-4-13(15)9-14(11-5-6-11)12-7-8-18(16,17)10-12/h2,11-13,15H,1,3-10H2. The first kappa shape index (κ1) is 14.0. The Hall–Kier alpha value is -0.390. The molecule has 0 aromatic carbocycles. The van der Waals surface area contributed by atoms with Crippen LogP contribution in [0.25, 0.3) is 0 Å². The van der Waals surface area contributed by atoms with Crippen LogP contribution in [0.1, 0.15) is 32.1 Å². The fraction of sp³-hybridized carbons (Fsp3) is 0.846. The Labute approximate surface area is 110 Å². The lowest BCUT2D eigenvalue weighted by molar-refractivity contribution is 0.0823. The summed E-state index contributed by atoms with van der Waals surface area (Å²) in [6, 6.07) is 0.627. The molecule has 1 saturated carbocycles. The number of sulfone groups is 1. The van der Waals surface area contributed by atoms with Gasteiger partial charge in [0.2, 0.25) is 0 Å². The van der Waals surface area contributed by atoms with Crippen molar-refractivity contribution in [3.63, 3.8) is 0 Å². The zero-order valence-electron chi connectivity index (χ0n) is 10.8. The average molecular weight is 273 g/mol. The Morgan fingerprint density at radius 3 is 2.56 bits per heavy atom. The third-order valence-corrected chi connectivity index (χ3v) is 5.57. The van der Waals surface area contributed by atoms with E-state index in [9.17, 15) is 13.5 Å². The van der Waals surface area contributed by atoms with Crippen molar-refractivity contribution in [1.82, 2.24) is 4.90 Å². The van der Waals surface area contributed by atoms with Gasteiger partial charge in [0.1, 0.15) is 0 Å². The molecule has 18 heavy (non-hydrogen) atoms. The third kappa shape index (κ3) is 3.80. The van der Waals surface area contributed by atoms with Crippen LogP contribution in [0.3, 0.4) is 0 Å². The molecule has 0 aromatic heterocycles. The molecule has 2 aliphatic rings. The molecule has 1 aliphatic carbocycles. The highest BCUT2D eigenvalue weighted by atomic mass is 32.2. The Morgan fingerprint density at radius 1 is 1.33 bits per heavy atom. The van der Waals surface area contributed by atoms with E-state index in [1.807, 2.05) is 6.08 Å². The molecule has 104 valence electrons. The molecule has 0 amide bonds. The van der Waals surface area contributed by atoms with Gasteiger partial charge < -0.3 is 5.11 Å². The summed E-state index contributed by atoms with van der Waals surface area (Å²) in [5.74, 6) is 0.585. The molecule has 0 aromatic rings. The molecule has 1 saturated heterocycles. The first-order valence-electron chi connectivity index (χ1n) is 6.77. The lowest BCUT2D eigenvalue weighted by Gasteiger charge is -2.30. The predicted octanol–water partition coefficient (Wildman–Crippen LogP) is 0.965. The largest absolute Gasteiger partial charge is 0.392 e. The molecule has 2 unspecified atom stereocenters. The summed E-state index contributed by atoms with van der Waals surface area (Å²) in [5.41, 5.74) is 0. The van der Waals surface area contributed by atoms with Crippen LogP contribution in [0.5, 0.6) is 0 Å². The second-order valence-electron chi connectivity index (χ2n) is 5.50. The SMILES string of the molecule is C=CCCC(O)CN(C1CC1)C1CCS(=O)(=O)C1. The Morgan fingerprint density at radius 2 is 2.06 bits per heavy atom. The van der Waals surface area contributed by atoms with E-state index in [1.165, 1.54) is 0 Å². The highest BCUT2D eigenvalue weighted by molar-refractivity contribution is 7.91.